The van der Waals surface area contributed by atoms with Crippen LogP contribution in [0.25, 0.3) is 0 Å². The molecule has 0 bridgehead atoms. The van der Waals surface area contributed by atoms with Gasteiger partial charge in [-0.25, -0.2) is 0 Å². The average Bonchev–Trinajstić information content (AvgIpc) is 2.52. The van der Waals surface area contributed by atoms with E-state index in [0.717, 1.165) is 38.6 Å². The van der Waals surface area contributed by atoms with Crippen LogP contribution in [0.3, 0.4) is 0 Å². The smallest absolute Gasteiger partial charge is 0.251 e. The molecule has 4 heteroatoms. The number of hydrogen-bond acceptors (Lipinski definition) is 2. The van der Waals surface area contributed by atoms with Crippen LogP contribution in [0.2, 0.25) is 0 Å². The quantitative estimate of drug-likeness (QED) is 0.929. The number of rotatable bonds is 4. The van der Waals surface area contributed by atoms with Crippen molar-refractivity contribution in [1.29, 1.82) is 0 Å². The van der Waals surface area contributed by atoms with Crippen molar-refractivity contribution in [2.45, 2.75) is 44.6 Å². The molecular formula is C18H24N2O2. The van der Waals surface area contributed by atoms with Crippen LogP contribution in [0.5, 0.6) is 0 Å². The lowest BCUT2D eigenvalue weighted by Crippen LogP contribution is -2.52. The highest BCUT2D eigenvalue weighted by atomic mass is 16.2. The topological polar surface area (TPSA) is 49.4 Å². The van der Waals surface area contributed by atoms with Crippen LogP contribution in [0, 0.1) is 5.92 Å². The van der Waals surface area contributed by atoms with Gasteiger partial charge in [0, 0.05) is 30.6 Å². The van der Waals surface area contributed by atoms with Crippen LogP contribution < -0.4 is 5.32 Å². The molecule has 1 heterocycles. The van der Waals surface area contributed by atoms with Gasteiger partial charge in [0.1, 0.15) is 0 Å². The molecule has 1 saturated heterocycles. The molecule has 22 heavy (non-hydrogen) atoms. The first-order valence-electron chi connectivity index (χ1n) is 8.39. The van der Waals surface area contributed by atoms with Gasteiger partial charge in [0.15, 0.2) is 0 Å². The average molecular weight is 300 g/mol. The van der Waals surface area contributed by atoms with E-state index in [1.165, 1.54) is 6.42 Å². The first kappa shape index (κ1) is 15.1. The largest absolute Gasteiger partial charge is 0.350 e. The molecule has 2 amide bonds. The normalized spacial score (nSPS) is 22.0. The fourth-order valence-electron chi connectivity index (χ4n) is 3.29. The highest BCUT2D eigenvalue weighted by Crippen LogP contribution is 2.30. The number of amides is 2. The lowest BCUT2D eigenvalue weighted by molar-refractivity contribution is -0.141. The number of likely N-dealkylation sites (tertiary alicyclic amines) is 1. The molecule has 1 aromatic carbocycles. The van der Waals surface area contributed by atoms with Crippen molar-refractivity contribution in [2.75, 3.05) is 13.1 Å². The summed E-state index contributed by atoms with van der Waals surface area (Å²) >= 11 is 0. The summed E-state index contributed by atoms with van der Waals surface area (Å²) in [6.07, 6.45) is 6.48. The Hall–Kier alpha value is -1.84. The number of benzene rings is 1. The summed E-state index contributed by atoms with van der Waals surface area (Å²) in [6.45, 7) is 1.41. The van der Waals surface area contributed by atoms with Gasteiger partial charge in [0.05, 0.1) is 0 Å². The summed E-state index contributed by atoms with van der Waals surface area (Å²) < 4.78 is 0. The molecule has 1 N–H and O–H groups in total. The lowest BCUT2D eigenvalue weighted by atomic mass is 9.83. The van der Waals surface area contributed by atoms with Gasteiger partial charge < -0.3 is 10.2 Å². The molecule has 0 radical (unpaired) electrons. The predicted molar refractivity (Wildman–Crippen MR) is 85.5 cm³/mol. The first-order valence-corrected chi connectivity index (χ1v) is 8.39. The second-order valence-corrected chi connectivity index (χ2v) is 6.39. The highest BCUT2D eigenvalue weighted by molar-refractivity contribution is 5.94. The Morgan fingerprint density at radius 3 is 2.50 bits per heavy atom. The minimum Gasteiger partial charge on any atom is -0.350 e. The van der Waals surface area contributed by atoms with Crippen LogP contribution in [0.15, 0.2) is 30.3 Å². The maximum absolute atomic E-state index is 12.5. The van der Waals surface area contributed by atoms with E-state index in [-0.39, 0.29) is 17.9 Å². The van der Waals surface area contributed by atoms with Crippen molar-refractivity contribution in [3.8, 4) is 0 Å². The molecular weight excluding hydrogens is 276 g/mol. The molecule has 1 saturated carbocycles. The van der Waals surface area contributed by atoms with E-state index in [4.69, 9.17) is 0 Å². The summed E-state index contributed by atoms with van der Waals surface area (Å²) in [7, 11) is 0. The van der Waals surface area contributed by atoms with Gasteiger partial charge in [-0.15, -0.1) is 0 Å². The van der Waals surface area contributed by atoms with Crippen molar-refractivity contribution in [3.05, 3.63) is 35.9 Å². The minimum absolute atomic E-state index is 0.0535. The Kier molecular flexibility index (Phi) is 4.76. The first-order chi connectivity index (χ1) is 10.8. The molecule has 3 rings (SSSR count). The summed E-state index contributed by atoms with van der Waals surface area (Å²) in [5.41, 5.74) is 0.676. The number of nitrogens with one attached hydrogen (secondary N) is 1. The summed E-state index contributed by atoms with van der Waals surface area (Å²) in [5.74, 6) is 0.498. The SMILES string of the molecule is O=C(NC[C@@H]1CCCCN1C(=O)C1CCC1)c1ccccc1. The van der Waals surface area contributed by atoms with Gasteiger partial charge in [-0.1, -0.05) is 24.6 Å². The number of carbonyl (C=O) groups is 2. The van der Waals surface area contributed by atoms with E-state index < -0.39 is 0 Å². The van der Waals surface area contributed by atoms with E-state index in [1.807, 2.05) is 35.2 Å². The van der Waals surface area contributed by atoms with E-state index in [2.05, 4.69) is 5.32 Å². The van der Waals surface area contributed by atoms with E-state index in [0.29, 0.717) is 18.0 Å². The lowest BCUT2D eigenvalue weighted by Gasteiger charge is -2.40. The molecule has 2 fully saturated rings. The number of piperidine rings is 1. The number of carbonyl (C=O) groups excluding carboxylic acids is 2. The van der Waals surface area contributed by atoms with Crippen LogP contribution in [0.1, 0.15) is 48.9 Å². The van der Waals surface area contributed by atoms with Crippen molar-refractivity contribution in [3.63, 3.8) is 0 Å². The maximum atomic E-state index is 12.5. The van der Waals surface area contributed by atoms with Crippen LogP contribution in [-0.2, 0) is 4.79 Å². The van der Waals surface area contributed by atoms with Crippen LogP contribution in [0.4, 0.5) is 0 Å². The number of hydrogen-bond donors (Lipinski definition) is 1. The van der Waals surface area contributed by atoms with Crippen molar-refractivity contribution < 1.29 is 9.59 Å². The third kappa shape index (κ3) is 3.32. The summed E-state index contributed by atoms with van der Waals surface area (Å²) in [4.78, 5) is 26.7. The molecule has 1 aromatic rings. The second-order valence-electron chi connectivity index (χ2n) is 6.39. The molecule has 0 spiro atoms. The zero-order valence-electron chi connectivity index (χ0n) is 13.0. The van der Waals surface area contributed by atoms with Gasteiger partial charge in [-0.3, -0.25) is 9.59 Å². The molecule has 1 aliphatic carbocycles. The molecule has 0 aromatic heterocycles. The van der Waals surface area contributed by atoms with Gasteiger partial charge in [0.2, 0.25) is 5.91 Å². The summed E-state index contributed by atoms with van der Waals surface area (Å²) in [5, 5.41) is 3.00. The highest BCUT2D eigenvalue weighted by Gasteiger charge is 2.34. The Bertz CT molecular complexity index is 525. The fraction of sp³-hybridized carbons (Fsp3) is 0.556. The third-order valence-corrected chi connectivity index (χ3v) is 4.90. The summed E-state index contributed by atoms with van der Waals surface area (Å²) in [6, 6.07) is 9.41. The zero-order valence-corrected chi connectivity index (χ0v) is 13.0. The van der Waals surface area contributed by atoms with Gasteiger partial charge in [-0.2, -0.15) is 0 Å². The van der Waals surface area contributed by atoms with E-state index in [1.54, 1.807) is 0 Å². The molecule has 2 aliphatic rings. The van der Waals surface area contributed by atoms with Crippen molar-refractivity contribution in [1.82, 2.24) is 10.2 Å². The standard InChI is InChI=1S/C18H24N2O2/c21-17(14-7-2-1-3-8-14)19-13-16-11-4-5-12-20(16)18(22)15-9-6-10-15/h1-3,7-8,15-16H,4-6,9-13H2,(H,19,21)/t16-/m0/s1. The van der Waals surface area contributed by atoms with Crippen molar-refractivity contribution >= 4 is 11.8 Å². The third-order valence-electron chi connectivity index (χ3n) is 4.90. The Morgan fingerprint density at radius 2 is 1.82 bits per heavy atom. The Labute approximate surface area is 131 Å². The monoisotopic (exact) mass is 300 g/mol. The van der Waals surface area contributed by atoms with Gasteiger partial charge in [0.25, 0.3) is 5.91 Å². The fourth-order valence-corrected chi connectivity index (χ4v) is 3.29. The maximum Gasteiger partial charge on any atom is 0.251 e. The van der Waals surface area contributed by atoms with E-state index in [9.17, 15) is 9.59 Å². The van der Waals surface area contributed by atoms with Gasteiger partial charge >= 0.3 is 0 Å². The molecule has 1 aliphatic heterocycles. The second kappa shape index (κ2) is 6.95. The Balaban J connectivity index is 1.57. The van der Waals surface area contributed by atoms with Crippen molar-refractivity contribution in [2.24, 2.45) is 5.92 Å². The molecule has 118 valence electrons. The number of nitrogens with zero attached hydrogens (tertiary/aromatic N) is 1. The van der Waals surface area contributed by atoms with E-state index >= 15 is 0 Å². The molecule has 0 unspecified atom stereocenters. The minimum atomic E-state index is -0.0535. The molecule has 4 nitrogen and oxygen atoms in total. The Morgan fingerprint density at radius 1 is 1.05 bits per heavy atom. The van der Waals surface area contributed by atoms with Gasteiger partial charge in [-0.05, 0) is 44.2 Å². The zero-order chi connectivity index (χ0) is 15.4. The molecule has 1 atom stereocenters. The van der Waals surface area contributed by atoms with Crippen LogP contribution >= 0.6 is 0 Å². The predicted octanol–water partition coefficient (Wildman–Crippen LogP) is 2.60. The van der Waals surface area contributed by atoms with Crippen LogP contribution in [-0.4, -0.2) is 35.8 Å².